The zero-order valence-corrected chi connectivity index (χ0v) is 17.2. The lowest BCUT2D eigenvalue weighted by atomic mass is 9.97. The number of aliphatic hydroxyl groups excluding tert-OH is 1. The number of hydrogen-bond donors (Lipinski definition) is 7. The van der Waals surface area contributed by atoms with Crippen LogP contribution in [0.3, 0.4) is 0 Å². The number of H-pyrrole nitrogens is 1. The molecule has 1 heterocycles. The molecule has 5 unspecified atom stereocenters. The summed E-state index contributed by atoms with van der Waals surface area (Å²) in [6.07, 6.45) is 2.34. The third-order valence-corrected chi connectivity index (χ3v) is 4.64. The average Bonchev–Trinajstić information content (AvgIpc) is 3.21. The van der Waals surface area contributed by atoms with Crippen molar-refractivity contribution in [1.29, 1.82) is 0 Å². The van der Waals surface area contributed by atoms with Crippen molar-refractivity contribution >= 4 is 23.7 Å². The van der Waals surface area contributed by atoms with Gasteiger partial charge in [0.05, 0.1) is 12.4 Å². The van der Waals surface area contributed by atoms with E-state index in [1.807, 2.05) is 6.92 Å². The molecule has 3 amide bonds. The highest BCUT2D eigenvalue weighted by Gasteiger charge is 2.32. The van der Waals surface area contributed by atoms with Crippen molar-refractivity contribution in [2.45, 2.75) is 57.8 Å². The first-order valence-corrected chi connectivity index (χ1v) is 9.57. The molecule has 12 heteroatoms. The monoisotopic (exact) mass is 426 g/mol. The summed E-state index contributed by atoms with van der Waals surface area (Å²) in [4.78, 5) is 55.0. The smallest absolute Gasteiger partial charge is 0.322 e. The van der Waals surface area contributed by atoms with Gasteiger partial charge in [-0.25, -0.2) is 4.98 Å². The molecule has 1 rings (SSSR count). The number of aromatic amines is 1. The van der Waals surface area contributed by atoms with Gasteiger partial charge in [-0.1, -0.05) is 20.3 Å². The first kappa shape index (κ1) is 25.0. The second-order valence-electron chi connectivity index (χ2n) is 7.09. The maximum Gasteiger partial charge on any atom is 0.322 e. The second-order valence-corrected chi connectivity index (χ2v) is 7.09. The maximum absolute atomic E-state index is 12.9. The molecule has 0 fully saturated rings. The van der Waals surface area contributed by atoms with Gasteiger partial charge in [-0.3, -0.25) is 19.2 Å². The largest absolute Gasteiger partial charge is 0.480 e. The number of nitrogens with zero attached hydrogens (tertiary/aromatic N) is 1. The standard InChI is InChI=1S/C18H30N6O6/c1-4-9(2)15(24-17(29)14(19)10(3)25)18(30)23-12(5-11-6-20-8-22-11)16(28)21-7-13(26)27/h6,8-10,12,14-15,25H,4-5,7,19H2,1-3H3,(H,20,22)(H,21,28)(H,23,30)(H,24,29)(H,26,27). The van der Waals surface area contributed by atoms with Crippen molar-refractivity contribution in [3.8, 4) is 0 Å². The number of nitrogens with one attached hydrogen (secondary N) is 4. The quantitative estimate of drug-likeness (QED) is 0.196. The summed E-state index contributed by atoms with van der Waals surface area (Å²) in [5.74, 6) is -3.57. The number of carbonyl (C=O) groups is 4. The van der Waals surface area contributed by atoms with Gasteiger partial charge in [-0.05, 0) is 12.8 Å². The molecule has 5 atom stereocenters. The molecular weight excluding hydrogens is 396 g/mol. The van der Waals surface area contributed by atoms with Crippen molar-refractivity contribution in [2.24, 2.45) is 11.7 Å². The van der Waals surface area contributed by atoms with Crippen LogP contribution in [0.15, 0.2) is 12.5 Å². The number of imidazole rings is 1. The number of hydrogen-bond acceptors (Lipinski definition) is 7. The number of rotatable bonds is 12. The van der Waals surface area contributed by atoms with Crippen molar-refractivity contribution < 1.29 is 29.4 Å². The number of aliphatic carboxylic acids is 1. The normalized spacial score (nSPS) is 15.9. The third kappa shape index (κ3) is 7.79. The second kappa shape index (κ2) is 11.9. The Kier molecular flexibility index (Phi) is 9.92. The minimum absolute atomic E-state index is 0.0333. The molecule has 8 N–H and O–H groups in total. The predicted molar refractivity (Wildman–Crippen MR) is 106 cm³/mol. The van der Waals surface area contributed by atoms with Crippen LogP contribution >= 0.6 is 0 Å². The first-order valence-electron chi connectivity index (χ1n) is 9.57. The highest BCUT2D eigenvalue weighted by molar-refractivity contribution is 5.94. The summed E-state index contributed by atoms with van der Waals surface area (Å²) < 4.78 is 0. The third-order valence-electron chi connectivity index (χ3n) is 4.64. The summed E-state index contributed by atoms with van der Waals surface area (Å²) in [7, 11) is 0. The van der Waals surface area contributed by atoms with E-state index in [-0.39, 0.29) is 12.3 Å². The van der Waals surface area contributed by atoms with E-state index >= 15 is 0 Å². The Balaban J connectivity index is 2.97. The van der Waals surface area contributed by atoms with Crippen LogP contribution in [0, 0.1) is 5.92 Å². The van der Waals surface area contributed by atoms with E-state index in [4.69, 9.17) is 10.8 Å². The SMILES string of the molecule is CCC(C)C(NC(=O)C(N)C(C)O)C(=O)NC(Cc1cnc[nH]1)C(=O)NCC(=O)O. The van der Waals surface area contributed by atoms with Crippen LogP contribution in [0.1, 0.15) is 32.9 Å². The number of carboxylic acids is 1. The van der Waals surface area contributed by atoms with Gasteiger partial charge < -0.3 is 36.9 Å². The van der Waals surface area contributed by atoms with Crippen molar-refractivity contribution in [3.63, 3.8) is 0 Å². The zero-order chi connectivity index (χ0) is 22.8. The van der Waals surface area contributed by atoms with E-state index in [1.54, 1.807) is 6.92 Å². The number of carbonyl (C=O) groups excluding carboxylic acids is 3. The van der Waals surface area contributed by atoms with Crippen LogP contribution in [0.4, 0.5) is 0 Å². The van der Waals surface area contributed by atoms with E-state index in [0.717, 1.165) is 0 Å². The topological polar surface area (TPSA) is 200 Å². The summed E-state index contributed by atoms with van der Waals surface area (Å²) in [5, 5.41) is 25.6. The Morgan fingerprint density at radius 1 is 1.17 bits per heavy atom. The van der Waals surface area contributed by atoms with Gasteiger partial charge in [0, 0.05) is 18.3 Å². The minimum atomic E-state index is -1.23. The molecule has 1 aromatic rings. The van der Waals surface area contributed by atoms with Gasteiger partial charge in [0.1, 0.15) is 24.7 Å². The molecule has 1 aromatic heterocycles. The summed E-state index contributed by atoms with van der Waals surface area (Å²) in [5.41, 5.74) is 6.18. The fourth-order valence-electron chi connectivity index (χ4n) is 2.54. The number of amides is 3. The van der Waals surface area contributed by atoms with E-state index in [2.05, 4.69) is 25.9 Å². The Bertz CT molecular complexity index is 723. The molecule has 168 valence electrons. The maximum atomic E-state index is 12.9. The van der Waals surface area contributed by atoms with Gasteiger partial charge >= 0.3 is 5.97 Å². The molecule has 0 saturated carbocycles. The summed E-state index contributed by atoms with van der Waals surface area (Å²) in [6.45, 7) is 4.32. The van der Waals surface area contributed by atoms with Crippen molar-refractivity contribution in [3.05, 3.63) is 18.2 Å². The number of aromatic nitrogens is 2. The van der Waals surface area contributed by atoms with Crippen LogP contribution in [0.5, 0.6) is 0 Å². The van der Waals surface area contributed by atoms with Gasteiger partial charge in [-0.15, -0.1) is 0 Å². The van der Waals surface area contributed by atoms with Crippen LogP contribution in [0.2, 0.25) is 0 Å². The lowest BCUT2D eigenvalue weighted by molar-refractivity contribution is -0.138. The van der Waals surface area contributed by atoms with Gasteiger partial charge in [0.2, 0.25) is 17.7 Å². The number of aliphatic hydroxyl groups is 1. The molecule has 0 aliphatic rings. The van der Waals surface area contributed by atoms with E-state index in [1.165, 1.54) is 19.4 Å². The Labute approximate surface area is 174 Å². The molecule has 0 aliphatic heterocycles. The van der Waals surface area contributed by atoms with Gasteiger partial charge in [-0.2, -0.15) is 0 Å². The summed E-state index contributed by atoms with van der Waals surface area (Å²) in [6, 6.07) is -3.33. The average molecular weight is 426 g/mol. The van der Waals surface area contributed by atoms with Crippen LogP contribution < -0.4 is 21.7 Å². The van der Waals surface area contributed by atoms with E-state index in [9.17, 15) is 24.3 Å². The molecule has 0 aliphatic carbocycles. The molecule has 0 aromatic carbocycles. The minimum Gasteiger partial charge on any atom is -0.480 e. The fourth-order valence-corrected chi connectivity index (χ4v) is 2.54. The fraction of sp³-hybridized carbons (Fsp3) is 0.611. The lowest BCUT2D eigenvalue weighted by Crippen LogP contribution is -2.59. The van der Waals surface area contributed by atoms with E-state index < -0.39 is 54.5 Å². The van der Waals surface area contributed by atoms with Crippen LogP contribution in [0.25, 0.3) is 0 Å². The van der Waals surface area contributed by atoms with Gasteiger partial charge in [0.15, 0.2) is 0 Å². The highest BCUT2D eigenvalue weighted by atomic mass is 16.4. The molecule has 30 heavy (non-hydrogen) atoms. The van der Waals surface area contributed by atoms with Crippen molar-refractivity contribution in [1.82, 2.24) is 25.9 Å². The molecule has 0 spiro atoms. The predicted octanol–water partition coefficient (Wildman–Crippen LogP) is -2.12. The van der Waals surface area contributed by atoms with Crippen LogP contribution in [-0.2, 0) is 25.6 Å². The Morgan fingerprint density at radius 3 is 2.33 bits per heavy atom. The Hall–Kier alpha value is -2.99. The Morgan fingerprint density at radius 2 is 1.83 bits per heavy atom. The summed E-state index contributed by atoms with van der Waals surface area (Å²) >= 11 is 0. The van der Waals surface area contributed by atoms with Gasteiger partial charge in [0.25, 0.3) is 0 Å². The number of nitrogens with two attached hydrogens (primary N) is 1. The van der Waals surface area contributed by atoms with Crippen LogP contribution in [-0.4, -0.2) is 74.6 Å². The number of carboxylic acid groups (broad SMARTS) is 1. The molecule has 0 radical (unpaired) electrons. The molecule has 0 saturated heterocycles. The molecule has 0 bridgehead atoms. The lowest BCUT2D eigenvalue weighted by Gasteiger charge is -2.27. The van der Waals surface area contributed by atoms with Crippen molar-refractivity contribution in [2.75, 3.05) is 6.54 Å². The van der Waals surface area contributed by atoms with E-state index in [0.29, 0.717) is 12.1 Å². The first-order chi connectivity index (χ1) is 14.1. The zero-order valence-electron chi connectivity index (χ0n) is 17.2. The molecular formula is C18H30N6O6. The molecule has 12 nitrogen and oxygen atoms in total. The highest BCUT2D eigenvalue weighted by Crippen LogP contribution is 2.10.